The quantitative estimate of drug-likeness (QED) is 0.750. The molecule has 6 nitrogen and oxygen atoms in total. The summed E-state index contributed by atoms with van der Waals surface area (Å²) in [7, 11) is 0. The van der Waals surface area contributed by atoms with Gasteiger partial charge in [-0.25, -0.2) is 13.8 Å². The van der Waals surface area contributed by atoms with Gasteiger partial charge in [0.05, 0.1) is 19.5 Å². The number of alkyl halides is 2. The van der Waals surface area contributed by atoms with Crippen LogP contribution in [0.1, 0.15) is 34.8 Å². The zero-order chi connectivity index (χ0) is 21.2. The average Bonchev–Trinajstić information content (AvgIpc) is 2.99. The number of amides is 1. The third-order valence-electron chi connectivity index (χ3n) is 4.88. The summed E-state index contributed by atoms with van der Waals surface area (Å²) >= 11 is 0. The maximum absolute atomic E-state index is 14.5. The van der Waals surface area contributed by atoms with Crippen molar-refractivity contribution < 1.29 is 23.1 Å². The smallest absolute Gasteiger partial charge is 0.302 e. The van der Waals surface area contributed by atoms with Crippen LogP contribution in [-0.2, 0) is 11.2 Å². The Morgan fingerprint density at radius 2 is 2.00 bits per heavy atom. The zero-order valence-corrected chi connectivity index (χ0v) is 16.3. The third-order valence-corrected chi connectivity index (χ3v) is 4.88. The lowest BCUT2D eigenvalue weighted by atomic mass is 10.1. The molecule has 29 heavy (non-hydrogen) atoms. The zero-order valence-electron chi connectivity index (χ0n) is 16.3. The summed E-state index contributed by atoms with van der Waals surface area (Å²) in [6.07, 6.45) is -0.00207. The first-order valence-corrected chi connectivity index (χ1v) is 9.36. The van der Waals surface area contributed by atoms with Crippen LogP contribution in [0.2, 0.25) is 0 Å². The summed E-state index contributed by atoms with van der Waals surface area (Å²) in [5.74, 6) is -4.02. The van der Waals surface area contributed by atoms with Crippen molar-refractivity contribution >= 4 is 17.5 Å². The fourth-order valence-corrected chi connectivity index (χ4v) is 3.12. The monoisotopic (exact) mass is 403 g/mol. The van der Waals surface area contributed by atoms with Crippen molar-refractivity contribution in [3.8, 4) is 5.75 Å². The number of carbonyl (C=O) groups excluding carboxylic acids is 2. The van der Waals surface area contributed by atoms with Crippen molar-refractivity contribution in [1.29, 1.82) is 0 Å². The number of nitrogen functional groups attached to an aromatic ring is 1. The standard InChI is InChI=1S/C21H23F2N3O3/c1-3-16(27)15-9-17(20(24)25-10-15)29-18-11-26(12-21(18,22)23)19(28)8-14-6-4-13(2)5-7-14/h4-7,9-10,18H,3,8,11-12H2,1-2H3,(H2,24,25)/t18-/m0/s1. The summed E-state index contributed by atoms with van der Waals surface area (Å²) in [5.41, 5.74) is 7.78. The number of hydrogen-bond donors (Lipinski definition) is 1. The van der Waals surface area contributed by atoms with Gasteiger partial charge < -0.3 is 15.4 Å². The van der Waals surface area contributed by atoms with Gasteiger partial charge in [-0.3, -0.25) is 9.59 Å². The Hall–Kier alpha value is -3.03. The Morgan fingerprint density at radius 1 is 1.31 bits per heavy atom. The molecule has 0 radical (unpaired) electrons. The number of nitrogens with two attached hydrogens (primary N) is 1. The molecule has 1 fully saturated rings. The molecule has 8 heteroatoms. The second-order valence-electron chi connectivity index (χ2n) is 7.19. The topological polar surface area (TPSA) is 85.5 Å². The molecule has 2 N–H and O–H groups in total. The molecule has 0 unspecified atom stereocenters. The van der Waals surface area contributed by atoms with Crippen LogP contribution in [0.4, 0.5) is 14.6 Å². The predicted molar refractivity (Wildman–Crippen MR) is 104 cm³/mol. The normalized spacial score (nSPS) is 17.9. The molecular weight excluding hydrogens is 380 g/mol. The summed E-state index contributed by atoms with van der Waals surface area (Å²) in [5, 5.41) is 0. The first-order valence-electron chi connectivity index (χ1n) is 9.36. The molecule has 0 aliphatic carbocycles. The van der Waals surface area contributed by atoms with Crippen molar-refractivity contribution in [2.24, 2.45) is 0 Å². The molecule has 1 aromatic carbocycles. The fourth-order valence-electron chi connectivity index (χ4n) is 3.12. The van der Waals surface area contributed by atoms with Crippen molar-refractivity contribution in [3.05, 3.63) is 53.2 Å². The molecule has 1 aliphatic heterocycles. The number of aryl methyl sites for hydroxylation is 1. The Morgan fingerprint density at radius 3 is 2.66 bits per heavy atom. The van der Waals surface area contributed by atoms with Gasteiger partial charge in [-0.05, 0) is 18.6 Å². The van der Waals surface area contributed by atoms with E-state index in [-0.39, 0.29) is 42.3 Å². The van der Waals surface area contributed by atoms with Gasteiger partial charge >= 0.3 is 5.92 Å². The lowest BCUT2D eigenvalue weighted by molar-refractivity contribution is -0.131. The van der Waals surface area contributed by atoms with Crippen LogP contribution in [0.3, 0.4) is 0 Å². The number of carbonyl (C=O) groups is 2. The van der Waals surface area contributed by atoms with E-state index in [2.05, 4.69) is 4.98 Å². The highest BCUT2D eigenvalue weighted by Gasteiger charge is 2.51. The summed E-state index contributed by atoms with van der Waals surface area (Å²) < 4.78 is 34.4. The van der Waals surface area contributed by atoms with E-state index >= 15 is 0 Å². The van der Waals surface area contributed by atoms with Crippen LogP contribution >= 0.6 is 0 Å². The molecule has 1 atom stereocenters. The number of pyridine rings is 1. The van der Waals surface area contributed by atoms with Gasteiger partial charge in [0.2, 0.25) is 5.91 Å². The highest BCUT2D eigenvalue weighted by atomic mass is 19.3. The number of halogens is 2. The third kappa shape index (κ3) is 4.70. The molecule has 0 bridgehead atoms. The van der Waals surface area contributed by atoms with Crippen LogP contribution in [0, 0.1) is 6.92 Å². The Labute approximate surface area is 167 Å². The number of aromatic nitrogens is 1. The number of hydrogen-bond acceptors (Lipinski definition) is 5. The summed E-state index contributed by atoms with van der Waals surface area (Å²) in [4.78, 5) is 29.3. The highest BCUT2D eigenvalue weighted by Crippen LogP contribution is 2.33. The number of Topliss-reactive ketones (excluding diaryl/α,β-unsaturated/α-hetero) is 1. The molecule has 1 saturated heterocycles. The van der Waals surface area contributed by atoms with E-state index in [1.807, 2.05) is 19.1 Å². The summed E-state index contributed by atoms with van der Waals surface area (Å²) in [6.45, 7) is 2.60. The maximum atomic E-state index is 14.5. The van der Waals surface area contributed by atoms with Gasteiger partial charge in [0, 0.05) is 18.2 Å². The molecule has 2 heterocycles. The average molecular weight is 403 g/mol. The second kappa shape index (κ2) is 8.14. The molecule has 3 rings (SSSR count). The number of benzene rings is 1. The number of anilines is 1. The van der Waals surface area contributed by atoms with Crippen molar-refractivity contribution in [1.82, 2.24) is 9.88 Å². The lowest BCUT2D eigenvalue weighted by Crippen LogP contribution is -2.36. The van der Waals surface area contributed by atoms with Gasteiger partial charge in [0.25, 0.3) is 0 Å². The number of nitrogens with zero attached hydrogens (tertiary/aromatic N) is 2. The van der Waals surface area contributed by atoms with E-state index in [0.717, 1.165) is 16.0 Å². The van der Waals surface area contributed by atoms with Gasteiger partial charge in [-0.1, -0.05) is 36.8 Å². The van der Waals surface area contributed by atoms with Crippen LogP contribution in [0.25, 0.3) is 0 Å². The van der Waals surface area contributed by atoms with Gasteiger partial charge in [-0.2, -0.15) is 0 Å². The molecule has 0 spiro atoms. The van der Waals surface area contributed by atoms with E-state index in [4.69, 9.17) is 10.5 Å². The first kappa shape index (κ1) is 20.7. The Balaban J connectivity index is 1.72. The highest BCUT2D eigenvalue weighted by molar-refractivity contribution is 5.96. The minimum absolute atomic E-state index is 0.0350. The first-order chi connectivity index (χ1) is 13.7. The van der Waals surface area contributed by atoms with E-state index < -0.39 is 24.5 Å². The van der Waals surface area contributed by atoms with Gasteiger partial charge in [0.1, 0.15) is 0 Å². The summed E-state index contributed by atoms with van der Waals surface area (Å²) in [6, 6.07) is 8.66. The van der Waals surface area contributed by atoms with Crippen molar-refractivity contribution in [2.45, 2.75) is 38.7 Å². The van der Waals surface area contributed by atoms with Crippen LogP contribution in [0.5, 0.6) is 5.75 Å². The van der Waals surface area contributed by atoms with E-state index in [1.165, 1.54) is 12.3 Å². The van der Waals surface area contributed by atoms with Crippen LogP contribution < -0.4 is 10.5 Å². The molecule has 1 aromatic heterocycles. The molecule has 2 aromatic rings. The van der Waals surface area contributed by atoms with Gasteiger partial charge in [-0.15, -0.1) is 0 Å². The molecule has 1 aliphatic rings. The molecule has 0 saturated carbocycles. The SMILES string of the molecule is CCC(=O)c1cnc(N)c(O[C@H]2CN(C(=O)Cc3ccc(C)cc3)CC2(F)F)c1. The largest absolute Gasteiger partial charge is 0.478 e. The Kier molecular flexibility index (Phi) is 5.81. The number of ether oxygens (including phenoxy) is 1. The second-order valence-corrected chi connectivity index (χ2v) is 7.19. The van der Waals surface area contributed by atoms with E-state index in [9.17, 15) is 18.4 Å². The van der Waals surface area contributed by atoms with Gasteiger partial charge in [0.15, 0.2) is 23.5 Å². The molecular formula is C21H23F2N3O3. The Bertz CT molecular complexity index is 916. The van der Waals surface area contributed by atoms with Crippen LogP contribution in [0.15, 0.2) is 36.5 Å². The van der Waals surface area contributed by atoms with Crippen LogP contribution in [-0.4, -0.2) is 46.7 Å². The number of ketones is 1. The van der Waals surface area contributed by atoms with E-state index in [0.29, 0.717) is 0 Å². The predicted octanol–water partition coefficient (Wildman–Crippen LogP) is 3.03. The molecule has 1 amide bonds. The number of likely N-dealkylation sites (tertiary alicyclic amines) is 1. The number of rotatable bonds is 6. The van der Waals surface area contributed by atoms with Crippen molar-refractivity contribution in [2.75, 3.05) is 18.8 Å². The minimum atomic E-state index is -3.25. The minimum Gasteiger partial charge on any atom is -0.478 e. The fraction of sp³-hybridized carbons (Fsp3) is 0.381. The molecule has 154 valence electrons. The lowest BCUT2D eigenvalue weighted by Gasteiger charge is -2.20. The van der Waals surface area contributed by atoms with Crippen molar-refractivity contribution in [3.63, 3.8) is 0 Å². The maximum Gasteiger partial charge on any atom is 0.302 e. The van der Waals surface area contributed by atoms with E-state index in [1.54, 1.807) is 19.1 Å².